The van der Waals surface area contributed by atoms with Crippen molar-refractivity contribution in [3.05, 3.63) is 35.5 Å². The van der Waals surface area contributed by atoms with Crippen molar-refractivity contribution < 1.29 is 8.42 Å². The van der Waals surface area contributed by atoms with E-state index in [0.717, 1.165) is 61.2 Å². The number of hydrogen-bond acceptors (Lipinski definition) is 6. The Morgan fingerprint density at radius 2 is 2.08 bits per heavy atom. The maximum absolute atomic E-state index is 11.9. The predicted molar refractivity (Wildman–Crippen MR) is 98.6 cm³/mol. The number of benzene rings is 1. The van der Waals surface area contributed by atoms with Crippen LogP contribution in [0.5, 0.6) is 0 Å². The molecular formula is C19H20N4O2S. The van der Waals surface area contributed by atoms with Gasteiger partial charge in [-0.3, -0.25) is 0 Å². The molecule has 0 bridgehead atoms. The molecule has 2 aliphatic rings. The van der Waals surface area contributed by atoms with Gasteiger partial charge in [-0.25, -0.2) is 18.4 Å². The minimum absolute atomic E-state index is 0.190. The predicted octanol–water partition coefficient (Wildman–Crippen LogP) is 2.53. The van der Waals surface area contributed by atoms with Gasteiger partial charge in [0.1, 0.15) is 6.04 Å². The highest BCUT2D eigenvalue weighted by Crippen LogP contribution is 2.34. The summed E-state index contributed by atoms with van der Waals surface area (Å²) in [5.41, 5.74) is 3.73. The van der Waals surface area contributed by atoms with Gasteiger partial charge in [0.05, 0.1) is 16.7 Å². The van der Waals surface area contributed by atoms with Gasteiger partial charge in [-0.15, -0.1) is 0 Å². The number of nitriles is 1. The van der Waals surface area contributed by atoms with Crippen molar-refractivity contribution in [3.63, 3.8) is 0 Å². The van der Waals surface area contributed by atoms with Crippen molar-refractivity contribution in [1.29, 1.82) is 5.26 Å². The molecule has 1 aliphatic carbocycles. The fourth-order valence-electron chi connectivity index (χ4n) is 3.80. The number of anilines is 1. The number of rotatable bonds is 3. The summed E-state index contributed by atoms with van der Waals surface area (Å²) >= 11 is 0. The van der Waals surface area contributed by atoms with Crippen LogP contribution in [0.15, 0.2) is 29.2 Å². The summed E-state index contributed by atoms with van der Waals surface area (Å²) in [6, 6.07) is 9.08. The quantitative estimate of drug-likeness (QED) is 0.827. The second-order valence-corrected chi connectivity index (χ2v) is 8.95. The van der Waals surface area contributed by atoms with E-state index in [4.69, 9.17) is 9.97 Å². The fraction of sp³-hybridized carbons (Fsp3) is 0.421. The molecular weight excluding hydrogens is 348 g/mol. The number of fused-ring (bicyclic) bond motifs is 1. The molecule has 0 radical (unpaired) electrons. The molecule has 0 saturated carbocycles. The van der Waals surface area contributed by atoms with Crippen LogP contribution in [-0.2, 0) is 22.7 Å². The van der Waals surface area contributed by atoms with E-state index in [1.807, 2.05) is 11.0 Å². The van der Waals surface area contributed by atoms with Gasteiger partial charge in [-0.05, 0) is 44.2 Å². The number of sulfone groups is 1. The molecule has 1 aromatic heterocycles. The summed E-state index contributed by atoms with van der Waals surface area (Å²) in [7, 11) is -3.28. The molecule has 1 fully saturated rings. The Balaban J connectivity index is 1.86. The highest BCUT2D eigenvalue weighted by Gasteiger charge is 2.29. The highest BCUT2D eigenvalue weighted by atomic mass is 32.2. The topological polar surface area (TPSA) is 87.0 Å². The first-order valence-corrected chi connectivity index (χ1v) is 10.7. The summed E-state index contributed by atoms with van der Waals surface area (Å²) in [4.78, 5) is 11.8. The zero-order valence-corrected chi connectivity index (χ0v) is 15.5. The Morgan fingerprint density at radius 1 is 1.23 bits per heavy atom. The summed E-state index contributed by atoms with van der Waals surface area (Å²) in [6.45, 7) is 0.778. The third-order valence-corrected chi connectivity index (χ3v) is 6.23. The fourth-order valence-corrected chi connectivity index (χ4v) is 4.47. The Kier molecular flexibility index (Phi) is 4.16. The average Bonchev–Trinajstić information content (AvgIpc) is 3.28. The summed E-state index contributed by atoms with van der Waals surface area (Å²) < 4.78 is 23.9. The Morgan fingerprint density at radius 3 is 2.85 bits per heavy atom. The number of nitrogens with zero attached hydrogens (tertiary/aromatic N) is 4. The van der Waals surface area contributed by atoms with Crippen LogP contribution in [0, 0.1) is 11.3 Å². The van der Waals surface area contributed by atoms with E-state index in [-0.39, 0.29) is 10.9 Å². The second kappa shape index (κ2) is 6.36. The molecule has 6 nitrogen and oxygen atoms in total. The van der Waals surface area contributed by atoms with Crippen molar-refractivity contribution in [1.82, 2.24) is 9.97 Å². The molecule has 1 atom stereocenters. The maximum atomic E-state index is 11.9. The smallest absolute Gasteiger partial charge is 0.227 e. The van der Waals surface area contributed by atoms with Gasteiger partial charge in [0.25, 0.3) is 0 Å². The molecule has 0 N–H and O–H groups in total. The molecule has 2 heterocycles. The van der Waals surface area contributed by atoms with E-state index in [1.54, 1.807) is 18.2 Å². The largest absolute Gasteiger partial charge is 0.325 e. The van der Waals surface area contributed by atoms with Crippen molar-refractivity contribution in [3.8, 4) is 17.3 Å². The molecule has 1 saturated heterocycles. The molecule has 0 amide bonds. The van der Waals surface area contributed by atoms with Crippen molar-refractivity contribution in [2.45, 2.75) is 43.0 Å². The van der Waals surface area contributed by atoms with E-state index in [2.05, 4.69) is 6.07 Å². The van der Waals surface area contributed by atoms with Gasteiger partial charge in [-0.2, -0.15) is 5.26 Å². The zero-order valence-electron chi connectivity index (χ0n) is 14.6. The molecule has 0 spiro atoms. The van der Waals surface area contributed by atoms with Crippen LogP contribution in [0.1, 0.15) is 30.5 Å². The SMILES string of the molecule is CS(=O)(=O)c1cccc(-c2nc(N3CCC[C@@H]3C#N)nc3c2CCC3)c1. The van der Waals surface area contributed by atoms with Gasteiger partial charge >= 0.3 is 0 Å². The Labute approximate surface area is 153 Å². The maximum Gasteiger partial charge on any atom is 0.227 e. The van der Waals surface area contributed by atoms with Crippen molar-refractivity contribution in [2.24, 2.45) is 0 Å². The lowest BCUT2D eigenvalue weighted by Crippen LogP contribution is -2.30. The van der Waals surface area contributed by atoms with Gasteiger partial charge in [-0.1, -0.05) is 12.1 Å². The first-order chi connectivity index (χ1) is 12.5. The number of aryl methyl sites for hydroxylation is 1. The average molecular weight is 368 g/mol. The van der Waals surface area contributed by atoms with Crippen molar-refractivity contribution >= 4 is 15.8 Å². The third-order valence-electron chi connectivity index (χ3n) is 5.12. The van der Waals surface area contributed by atoms with E-state index < -0.39 is 9.84 Å². The molecule has 1 aliphatic heterocycles. The summed E-state index contributed by atoms with van der Waals surface area (Å²) in [5.74, 6) is 0.592. The first kappa shape index (κ1) is 17.0. The normalized spacial score (nSPS) is 19.4. The summed E-state index contributed by atoms with van der Waals surface area (Å²) in [5, 5.41) is 9.39. The lowest BCUT2D eigenvalue weighted by molar-refractivity contribution is 0.602. The van der Waals surface area contributed by atoms with Crippen LogP contribution in [0.4, 0.5) is 5.95 Å². The van der Waals surface area contributed by atoms with Gasteiger partial charge < -0.3 is 4.90 Å². The van der Waals surface area contributed by atoms with E-state index in [9.17, 15) is 13.7 Å². The van der Waals surface area contributed by atoms with Crippen LogP contribution >= 0.6 is 0 Å². The minimum Gasteiger partial charge on any atom is -0.325 e. The van der Waals surface area contributed by atoms with E-state index >= 15 is 0 Å². The molecule has 134 valence electrons. The first-order valence-electron chi connectivity index (χ1n) is 8.84. The standard InChI is InChI=1S/C19H20N4O2S/c1-26(24,25)15-7-2-5-13(11-15)18-16-8-3-9-17(16)21-19(22-18)23-10-4-6-14(23)12-20/h2,5,7,11,14H,3-4,6,8-10H2,1H3/t14-/m1/s1. The van der Waals surface area contributed by atoms with E-state index in [1.165, 1.54) is 6.26 Å². The Bertz CT molecular complexity index is 1010. The summed E-state index contributed by atoms with van der Waals surface area (Å²) in [6.07, 6.45) is 5.81. The molecule has 2 aromatic rings. The second-order valence-electron chi connectivity index (χ2n) is 6.93. The minimum atomic E-state index is -3.28. The van der Waals surface area contributed by atoms with Crippen LogP contribution in [0.25, 0.3) is 11.3 Å². The molecule has 26 heavy (non-hydrogen) atoms. The van der Waals surface area contributed by atoms with E-state index in [0.29, 0.717) is 5.95 Å². The lowest BCUT2D eigenvalue weighted by Gasteiger charge is -2.21. The molecule has 7 heteroatoms. The number of aromatic nitrogens is 2. The van der Waals surface area contributed by atoms with Gasteiger partial charge in [0.15, 0.2) is 9.84 Å². The zero-order chi connectivity index (χ0) is 18.3. The molecule has 4 rings (SSSR count). The number of hydrogen-bond donors (Lipinski definition) is 0. The van der Waals surface area contributed by atoms with Gasteiger partial charge in [0.2, 0.25) is 5.95 Å². The van der Waals surface area contributed by atoms with Crippen LogP contribution in [0.3, 0.4) is 0 Å². The molecule has 0 unspecified atom stereocenters. The monoisotopic (exact) mass is 368 g/mol. The lowest BCUT2D eigenvalue weighted by atomic mass is 10.1. The highest BCUT2D eigenvalue weighted by molar-refractivity contribution is 7.90. The van der Waals surface area contributed by atoms with Crippen molar-refractivity contribution in [2.75, 3.05) is 17.7 Å². The van der Waals surface area contributed by atoms with Crippen LogP contribution in [0.2, 0.25) is 0 Å². The molecule has 1 aromatic carbocycles. The van der Waals surface area contributed by atoms with Gasteiger partial charge in [0, 0.05) is 29.6 Å². The van der Waals surface area contributed by atoms with Crippen LogP contribution in [-0.4, -0.2) is 37.2 Å². The Hall–Kier alpha value is -2.46. The third kappa shape index (κ3) is 2.95. The van der Waals surface area contributed by atoms with Crippen LogP contribution < -0.4 is 4.90 Å².